The van der Waals surface area contributed by atoms with Gasteiger partial charge in [-0.25, -0.2) is 4.39 Å². The number of benzene rings is 1. The highest BCUT2D eigenvalue weighted by Gasteiger charge is 2.13. The Labute approximate surface area is 116 Å². The smallest absolute Gasteiger partial charge is 0.270 e. The van der Waals surface area contributed by atoms with Crippen LogP contribution in [-0.4, -0.2) is 36.0 Å². The average Bonchev–Trinajstić information content (AvgIpc) is 2.86. The van der Waals surface area contributed by atoms with Crippen LogP contribution in [0.1, 0.15) is 10.5 Å². The molecule has 0 aliphatic carbocycles. The summed E-state index contributed by atoms with van der Waals surface area (Å²) in [6.45, 7) is 0.735. The minimum absolute atomic E-state index is 0.163. The number of carbonyl (C=O) groups is 1. The number of halogens is 1. The fourth-order valence-corrected chi connectivity index (χ4v) is 1.67. The third-order valence-corrected chi connectivity index (χ3v) is 2.79. The SMILES string of the molecule is CN(CCOc1ccc(F)cc1)C(=O)c1cc(N)c[nH]1. The highest BCUT2D eigenvalue weighted by Crippen LogP contribution is 2.11. The molecule has 1 aromatic heterocycles. The Kier molecular flexibility index (Phi) is 4.24. The van der Waals surface area contributed by atoms with Gasteiger partial charge in [-0.1, -0.05) is 0 Å². The van der Waals surface area contributed by atoms with E-state index >= 15 is 0 Å². The first-order chi connectivity index (χ1) is 9.56. The van der Waals surface area contributed by atoms with Gasteiger partial charge in [0.25, 0.3) is 5.91 Å². The maximum Gasteiger partial charge on any atom is 0.270 e. The van der Waals surface area contributed by atoms with Crippen LogP contribution in [0.3, 0.4) is 0 Å². The summed E-state index contributed by atoms with van der Waals surface area (Å²) in [4.78, 5) is 16.3. The summed E-state index contributed by atoms with van der Waals surface area (Å²) in [6.07, 6.45) is 1.57. The van der Waals surface area contributed by atoms with Crippen molar-refractivity contribution in [2.24, 2.45) is 0 Å². The zero-order chi connectivity index (χ0) is 14.5. The molecule has 20 heavy (non-hydrogen) atoms. The van der Waals surface area contributed by atoms with Crippen molar-refractivity contribution in [3.8, 4) is 5.75 Å². The van der Waals surface area contributed by atoms with Crippen LogP contribution in [0.4, 0.5) is 10.1 Å². The highest BCUT2D eigenvalue weighted by molar-refractivity contribution is 5.93. The Morgan fingerprint density at radius 1 is 1.40 bits per heavy atom. The van der Waals surface area contributed by atoms with E-state index in [2.05, 4.69) is 4.98 Å². The molecular formula is C14H16FN3O2. The summed E-state index contributed by atoms with van der Waals surface area (Å²) in [6, 6.07) is 7.32. The monoisotopic (exact) mass is 277 g/mol. The Morgan fingerprint density at radius 3 is 2.70 bits per heavy atom. The van der Waals surface area contributed by atoms with Gasteiger partial charge in [-0.15, -0.1) is 0 Å². The van der Waals surface area contributed by atoms with E-state index in [-0.39, 0.29) is 11.7 Å². The van der Waals surface area contributed by atoms with E-state index < -0.39 is 0 Å². The molecule has 0 saturated heterocycles. The van der Waals surface area contributed by atoms with Crippen molar-refractivity contribution in [2.75, 3.05) is 25.9 Å². The van der Waals surface area contributed by atoms with Gasteiger partial charge < -0.3 is 20.4 Å². The van der Waals surface area contributed by atoms with Crippen LogP contribution >= 0.6 is 0 Å². The summed E-state index contributed by atoms with van der Waals surface area (Å²) in [7, 11) is 1.67. The van der Waals surface area contributed by atoms with Gasteiger partial charge in [0.15, 0.2) is 0 Å². The van der Waals surface area contributed by atoms with Crippen molar-refractivity contribution in [1.82, 2.24) is 9.88 Å². The van der Waals surface area contributed by atoms with Gasteiger partial charge in [0.2, 0.25) is 0 Å². The molecule has 1 heterocycles. The standard InChI is InChI=1S/C14H16FN3O2/c1-18(14(19)13-8-11(16)9-17-13)6-7-20-12-4-2-10(15)3-5-12/h2-5,8-9,17H,6-7,16H2,1H3. The van der Waals surface area contributed by atoms with Gasteiger partial charge in [-0.3, -0.25) is 4.79 Å². The number of H-pyrrole nitrogens is 1. The normalized spacial score (nSPS) is 10.3. The van der Waals surface area contributed by atoms with Crippen LogP contribution in [0.25, 0.3) is 0 Å². The molecule has 106 valence electrons. The number of nitrogens with two attached hydrogens (primary N) is 1. The zero-order valence-electron chi connectivity index (χ0n) is 11.1. The number of likely N-dealkylation sites (N-methyl/N-ethyl adjacent to an activating group) is 1. The lowest BCUT2D eigenvalue weighted by molar-refractivity contribution is 0.0768. The molecule has 0 aliphatic heterocycles. The van der Waals surface area contributed by atoms with Gasteiger partial charge in [-0.2, -0.15) is 0 Å². The maximum atomic E-state index is 12.7. The molecule has 1 amide bonds. The van der Waals surface area contributed by atoms with Gasteiger partial charge in [0.05, 0.1) is 6.54 Å². The van der Waals surface area contributed by atoms with Crippen molar-refractivity contribution in [2.45, 2.75) is 0 Å². The average molecular weight is 277 g/mol. The number of amides is 1. The molecule has 2 aromatic rings. The zero-order valence-corrected chi connectivity index (χ0v) is 11.1. The van der Waals surface area contributed by atoms with Crippen molar-refractivity contribution in [1.29, 1.82) is 0 Å². The van der Waals surface area contributed by atoms with Crippen LogP contribution in [0.5, 0.6) is 5.75 Å². The van der Waals surface area contributed by atoms with Crippen LogP contribution in [0, 0.1) is 5.82 Å². The minimum atomic E-state index is -0.311. The van der Waals surface area contributed by atoms with E-state index in [9.17, 15) is 9.18 Å². The summed E-state index contributed by atoms with van der Waals surface area (Å²) in [5.74, 6) is 0.0924. The van der Waals surface area contributed by atoms with Gasteiger partial charge in [0.1, 0.15) is 23.9 Å². The molecule has 0 saturated carbocycles. The summed E-state index contributed by atoms with van der Waals surface area (Å²) in [5, 5.41) is 0. The molecule has 0 aliphatic rings. The molecule has 5 nitrogen and oxygen atoms in total. The highest BCUT2D eigenvalue weighted by atomic mass is 19.1. The number of nitrogen functional groups attached to an aromatic ring is 1. The second-order valence-electron chi connectivity index (χ2n) is 4.38. The third kappa shape index (κ3) is 3.50. The quantitative estimate of drug-likeness (QED) is 0.876. The molecule has 0 atom stereocenters. The van der Waals surface area contributed by atoms with E-state index in [0.29, 0.717) is 30.3 Å². The summed E-state index contributed by atoms with van der Waals surface area (Å²) in [5.41, 5.74) is 6.50. The Morgan fingerprint density at radius 2 is 2.10 bits per heavy atom. The van der Waals surface area contributed by atoms with E-state index in [4.69, 9.17) is 10.5 Å². The van der Waals surface area contributed by atoms with E-state index in [1.54, 1.807) is 31.4 Å². The fourth-order valence-electron chi connectivity index (χ4n) is 1.67. The maximum absolute atomic E-state index is 12.7. The van der Waals surface area contributed by atoms with E-state index in [1.807, 2.05) is 0 Å². The second kappa shape index (κ2) is 6.10. The molecule has 0 spiro atoms. The van der Waals surface area contributed by atoms with Crippen LogP contribution in [0.2, 0.25) is 0 Å². The van der Waals surface area contributed by atoms with Crippen LogP contribution < -0.4 is 10.5 Å². The fraction of sp³-hybridized carbons (Fsp3) is 0.214. The Balaban J connectivity index is 1.81. The predicted molar refractivity (Wildman–Crippen MR) is 74.1 cm³/mol. The molecule has 0 radical (unpaired) electrons. The number of hydrogen-bond donors (Lipinski definition) is 2. The summed E-state index contributed by atoms with van der Waals surface area (Å²) >= 11 is 0. The number of ether oxygens (including phenoxy) is 1. The number of aromatic nitrogens is 1. The molecule has 0 unspecified atom stereocenters. The lowest BCUT2D eigenvalue weighted by Gasteiger charge is -2.16. The number of carbonyl (C=O) groups excluding carboxylic acids is 1. The van der Waals surface area contributed by atoms with Crippen molar-refractivity contribution >= 4 is 11.6 Å². The lowest BCUT2D eigenvalue weighted by Crippen LogP contribution is -2.31. The number of hydrogen-bond acceptors (Lipinski definition) is 3. The van der Waals surface area contributed by atoms with Crippen molar-refractivity contribution in [3.63, 3.8) is 0 Å². The third-order valence-electron chi connectivity index (χ3n) is 2.79. The number of nitrogens with one attached hydrogen (secondary N) is 1. The van der Waals surface area contributed by atoms with Gasteiger partial charge in [-0.05, 0) is 30.3 Å². The molecular weight excluding hydrogens is 261 g/mol. The first kappa shape index (κ1) is 13.9. The second-order valence-corrected chi connectivity index (χ2v) is 4.38. The molecule has 1 aromatic carbocycles. The number of anilines is 1. The molecule has 3 N–H and O–H groups in total. The number of nitrogens with zero attached hydrogens (tertiary/aromatic N) is 1. The van der Waals surface area contributed by atoms with Gasteiger partial charge in [0, 0.05) is 18.9 Å². The number of rotatable bonds is 5. The minimum Gasteiger partial charge on any atom is -0.492 e. The largest absolute Gasteiger partial charge is 0.492 e. The van der Waals surface area contributed by atoms with Gasteiger partial charge >= 0.3 is 0 Å². The lowest BCUT2D eigenvalue weighted by atomic mass is 10.3. The topological polar surface area (TPSA) is 71.3 Å². The predicted octanol–water partition coefficient (Wildman–Crippen LogP) is 1.89. The van der Waals surface area contributed by atoms with Crippen LogP contribution in [-0.2, 0) is 0 Å². The summed E-state index contributed by atoms with van der Waals surface area (Å²) < 4.78 is 18.1. The Bertz CT molecular complexity index is 580. The van der Waals surface area contributed by atoms with Crippen molar-refractivity contribution in [3.05, 3.63) is 48.0 Å². The molecule has 6 heteroatoms. The van der Waals surface area contributed by atoms with Crippen molar-refractivity contribution < 1.29 is 13.9 Å². The Hall–Kier alpha value is -2.50. The first-order valence-electron chi connectivity index (χ1n) is 6.14. The molecule has 2 rings (SSSR count). The van der Waals surface area contributed by atoms with E-state index in [1.165, 1.54) is 17.0 Å². The molecule has 0 fully saturated rings. The van der Waals surface area contributed by atoms with E-state index in [0.717, 1.165) is 0 Å². The first-order valence-corrected chi connectivity index (χ1v) is 6.14. The molecule has 0 bridgehead atoms. The van der Waals surface area contributed by atoms with Crippen LogP contribution in [0.15, 0.2) is 36.5 Å². The number of aromatic amines is 1.